The van der Waals surface area contributed by atoms with Gasteiger partial charge in [-0.2, -0.15) is 0 Å². The summed E-state index contributed by atoms with van der Waals surface area (Å²) in [6, 6.07) is 10.0. The van der Waals surface area contributed by atoms with Crippen LogP contribution >= 0.6 is 0 Å². The summed E-state index contributed by atoms with van der Waals surface area (Å²) in [5.41, 5.74) is 0.637. The molecule has 1 aliphatic heterocycles. The molecule has 5 nitrogen and oxygen atoms in total. The molecule has 2 unspecified atom stereocenters. The van der Waals surface area contributed by atoms with Crippen LogP contribution in [-0.2, 0) is 20.8 Å². The average molecular weight is 335 g/mol. The molecule has 0 bridgehead atoms. The van der Waals surface area contributed by atoms with Crippen molar-refractivity contribution in [2.24, 2.45) is 0 Å². The highest BCUT2D eigenvalue weighted by atomic mass is 16.6. The SMILES string of the molecule is CC1CCN(C(=O)OC(C)(C)C)CC(COCc2ccccc2)O1. The molecule has 0 aromatic heterocycles. The summed E-state index contributed by atoms with van der Waals surface area (Å²) < 4.78 is 17.3. The maximum atomic E-state index is 12.3. The number of amides is 1. The van der Waals surface area contributed by atoms with Crippen molar-refractivity contribution in [3.05, 3.63) is 35.9 Å². The van der Waals surface area contributed by atoms with E-state index in [9.17, 15) is 4.79 Å². The molecule has 0 saturated carbocycles. The minimum atomic E-state index is -0.491. The van der Waals surface area contributed by atoms with Gasteiger partial charge in [0.15, 0.2) is 0 Å². The number of nitrogens with zero attached hydrogens (tertiary/aromatic N) is 1. The van der Waals surface area contributed by atoms with E-state index in [0.29, 0.717) is 26.3 Å². The average Bonchev–Trinajstić information content (AvgIpc) is 2.68. The second-order valence-electron chi connectivity index (χ2n) is 7.28. The van der Waals surface area contributed by atoms with Crippen LogP contribution in [0.15, 0.2) is 30.3 Å². The molecule has 1 saturated heterocycles. The van der Waals surface area contributed by atoms with Crippen molar-refractivity contribution in [1.29, 1.82) is 0 Å². The summed E-state index contributed by atoms with van der Waals surface area (Å²) in [5, 5.41) is 0. The van der Waals surface area contributed by atoms with E-state index in [1.54, 1.807) is 4.90 Å². The van der Waals surface area contributed by atoms with Crippen LogP contribution in [0.2, 0.25) is 0 Å². The van der Waals surface area contributed by atoms with E-state index in [2.05, 4.69) is 0 Å². The largest absolute Gasteiger partial charge is 0.444 e. The van der Waals surface area contributed by atoms with Gasteiger partial charge in [0.1, 0.15) is 5.60 Å². The Labute approximate surface area is 144 Å². The Morgan fingerprint density at radius 1 is 1.29 bits per heavy atom. The van der Waals surface area contributed by atoms with Crippen molar-refractivity contribution in [2.75, 3.05) is 19.7 Å². The van der Waals surface area contributed by atoms with Crippen LogP contribution in [0.4, 0.5) is 4.79 Å². The highest BCUT2D eigenvalue weighted by Gasteiger charge is 2.29. The normalized spacial score (nSPS) is 22.1. The Morgan fingerprint density at radius 3 is 2.67 bits per heavy atom. The number of ether oxygens (including phenoxy) is 3. The number of hydrogen-bond acceptors (Lipinski definition) is 4. The van der Waals surface area contributed by atoms with Crippen molar-refractivity contribution in [3.63, 3.8) is 0 Å². The van der Waals surface area contributed by atoms with Crippen molar-refractivity contribution < 1.29 is 19.0 Å². The lowest BCUT2D eigenvalue weighted by Crippen LogP contribution is -2.41. The number of rotatable bonds is 4. The first kappa shape index (κ1) is 18.7. The van der Waals surface area contributed by atoms with Gasteiger partial charge in [-0.1, -0.05) is 30.3 Å². The molecule has 1 aromatic rings. The summed E-state index contributed by atoms with van der Waals surface area (Å²) in [6.07, 6.45) is 0.476. The molecule has 1 amide bonds. The van der Waals surface area contributed by atoms with Crippen LogP contribution in [0.1, 0.15) is 39.7 Å². The smallest absolute Gasteiger partial charge is 0.410 e. The van der Waals surface area contributed by atoms with Gasteiger partial charge in [0.05, 0.1) is 32.0 Å². The Kier molecular flexibility index (Phi) is 6.63. The summed E-state index contributed by atoms with van der Waals surface area (Å²) in [6.45, 7) is 9.80. The number of benzene rings is 1. The topological polar surface area (TPSA) is 48.0 Å². The van der Waals surface area contributed by atoms with E-state index in [0.717, 1.165) is 12.0 Å². The fourth-order valence-electron chi connectivity index (χ4n) is 2.58. The molecule has 1 fully saturated rings. The number of hydrogen-bond donors (Lipinski definition) is 0. The quantitative estimate of drug-likeness (QED) is 0.843. The van der Waals surface area contributed by atoms with Gasteiger partial charge in [-0.05, 0) is 39.7 Å². The van der Waals surface area contributed by atoms with Crippen LogP contribution in [0.5, 0.6) is 0 Å². The molecular formula is C19H29NO4. The molecule has 2 atom stereocenters. The van der Waals surface area contributed by atoms with Crippen LogP contribution in [0.25, 0.3) is 0 Å². The molecule has 5 heteroatoms. The van der Waals surface area contributed by atoms with Gasteiger partial charge in [-0.3, -0.25) is 0 Å². The number of carbonyl (C=O) groups excluding carboxylic acids is 1. The van der Waals surface area contributed by atoms with Gasteiger partial charge >= 0.3 is 6.09 Å². The lowest BCUT2D eigenvalue weighted by Gasteiger charge is -2.27. The van der Waals surface area contributed by atoms with Crippen molar-refractivity contribution in [3.8, 4) is 0 Å². The summed E-state index contributed by atoms with van der Waals surface area (Å²) in [4.78, 5) is 14.0. The predicted molar refractivity (Wildman–Crippen MR) is 92.9 cm³/mol. The molecule has 0 spiro atoms. The van der Waals surface area contributed by atoms with Gasteiger partial charge in [0.25, 0.3) is 0 Å². The van der Waals surface area contributed by atoms with E-state index >= 15 is 0 Å². The molecule has 134 valence electrons. The summed E-state index contributed by atoms with van der Waals surface area (Å²) in [5.74, 6) is 0. The van der Waals surface area contributed by atoms with Gasteiger partial charge in [0, 0.05) is 6.54 Å². The zero-order chi connectivity index (χ0) is 17.6. The zero-order valence-electron chi connectivity index (χ0n) is 15.2. The summed E-state index contributed by atoms with van der Waals surface area (Å²) >= 11 is 0. The van der Waals surface area contributed by atoms with Gasteiger partial charge < -0.3 is 19.1 Å². The minimum Gasteiger partial charge on any atom is -0.444 e. The third kappa shape index (κ3) is 6.49. The highest BCUT2D eigenvalue weighted by molar-refractivity contribution is 5.68. The molecule has 0 N–H and O–H groups in total. The van der Waals surface area contributed by atoms with Gasteiger partial charge in [-0.15, -0.1) is 0 Å². The third-order valence-corrected chi connectivity index (χ3v) is 3.72. The van der Waals surface area contributed by atoms with Crippen LogP contribution in [-0.4, -0.2) is 48.5 Å². The molecule has 1 aliphatic rings. The molecule has 24 heavy (non-hydrogen) atoms. The molecule has 0 aliphatic carbocycles. The van der Waals surface area contributed by atoms with E-state index in [1.165, 1.54) is 0 Å². The summed E-state index contributed by atoms with van der Waals surface area (Å²) in [7, 11) is 0. The fraction of sp³-hybridized carbons (Fsp3) is 0.632. The first-order valence-electron chi connectivity index (χ1n) is 8.58. The molecule has 1 heterocycles. The van der Waals surface area contributed by atoms with Crippen LogP contribution in [0.3, 0.4) is 0 Å². The second kappa shape index (κ2) is 8.49. The van der Waals surface area contributed by atoms with Crippen LogP contribution < -0.4 is 0 Å². The van der Waals surface area contributed by atoms with Gasteiger partial charge in [0.2, 0.25) is 0 Å². The van der Waals surface area contributed by atoms with Crippen LogP contribution in [0, 0.1) is 0 Å². The minimum absolute atomic E-state index is 0.0998. The molecule has 2 rings (SSSR count). The van der Waals surface area contributed by atoms with E-state index in [4.69, 9.17) is 14.2 Å². The predicted octanol–water partition coefficient (Wildman–Crippen LogP) is 3.62. The molecule has 0 radical (unpaired) electrons. The second-order valence-corrected chi connectivity index (χ2v) is 7.28. The first-order valence-corrected chi connectivity index (χ1v) is 8.58. The van der Waals surface area contributed by atoms with Crippen molar-refractivity contribution in [2.45, 2.75) is 58.5 Å². The van der Waals surface area contributed by atoms with E-state index in [-0.39, 0.29) is 18.3 Å². The monoisotopic (exact) mass is 335 g/mol. The lowest BCUT2D eigenvalue weighted by molar-refractivity contribution is -0.0524. The van der Waals surface area contributed by atoms with Gasteiger partial charge in [-0.25, -0.2) is 4.79 Å². The maximum absolute atomic E-state index is 12.3. The maximum Gasteiger partial charge on any atom is 0.410 e. The van der Waals surface area contributed by atoms with E-state index < -0.39 is 5.60 Å². The lowest BCUT2D eigenvalue weighted by atomic mass is 10.2. The molecule has 1 aromatic carbocycles. The van der Waals surface area contributed by atoms with E-state index in [1.807, 2.05) is 58.0 Å². The molecular weight excluding hydrogens is 306 g/mol. The zero-order valence-corrected chi connectivity index (χ0v) is 15.2. The third-order valence-electron chi connectivity index (χ3n) is 3.72. The number of carbonyl (C=O) groups is 1. The Hall–Kier alpha value is -1.59. The fourth-order valence-corrected chi connectivity index (χ4v) is 2.58. The first-order chi connectivity index (χ1) is 11.3. The highest BCUT2D eigenvalue weighted by Crippen LogP contribution is 2.16. The Balaban J connectivity index is 1.87. The Morgan fingerprint density at radius 2 is 2.00 bits per heavy atom. The van der Waals surface area contributed by atoms with Crippen molar-refractivity contribution in [1.82, 2.24) is 4.90 Å². The van der Waals surface area contributed by atoms with Crippen molar-refractivity contribution >= 4 is 6.09 Å². The Bertz CT molecular complexity index is 512. The standard InChI is InChI=1S/C19H29NO4/c1-15-10-11-20(18(21)24-19(2,3)4)12-17(23-15)14-22-13-16-8-6-5-7-9-16/h5-9,15,17H,10-14H2,1-4H3.